The molecule has 3 rings (SSSR count). The van der Waals surface area contributed by atoms with Gasteiger partial charge < -0.3 is 9.84 Å². The standard InChI is InChI=1S/C17H24N4O2/c1-10-13(9-21(5)19-10)18-16(22)15-12-8-11(17(2,3)4)6-7-14(12)23-20-15/h9,11H,6-8H2,1-5H3,(H,18,22). The molecule has 1 aliphatic rings. The number of nitrogens with one attached hydrogen (secondary N) is 1. The smallest absolute Gasteiger partial charge is 0.278 e. The molecule has 0 spiro atoms. The number of nitrogens with zero attached hydrogens (tertiary/aromatic N) is 3. The summed E-state index contributed by atoms with van der Waals surface area (Å²) < 4.78 is 7.09. The van der Waals surface area contributed by atoms with Gasteiger partial charge in [0.05, 0.1) is 11.4 Å². The van der Waals surface area contributed by atoms with E-state index >= 15 is 0 Å². The Balaban J connectivity index is 1.83. The lowest BCUT2D eigenvalue weighted by atomic mass is 9.71. The maximum absolute atomic E-state index is 12.6. The molecule has 0 radical (unpaired) electrons. The summed E-state index contributed by atoms with van der Waals surface area (Å²) in [6, 6.07) is 0. The molecule has 6 nitrogen and oxygen atoms in total. The number of hydrogen-bond donors (Lipinski definition) is 1. The van der Waals surface area contributed by atoms with Gasteiger partial charge in [-0.1, -0.05) is 25.9 Å². The van der Waals surface area contributed by atoms with Gasteiger partial charge in [0.25, 0.3) is 5.91 Å². The zero-order valence-electron chi connectivity index (χ0n) is 14.4. The minimum absolute atomic E-state index is 0.211. The van der Waals surface area contributed by atoms with Gasteiger partial charge in [-0.25, -0.2) is 0 Å². The van der Waals surface area contributed by atoms with E-state index in [0.29, 0.717) is 17.3 Å². The van der Waals surface area contributed by atoms with E-state index in [1.165, 1.54) is 0 Å². The average Bonchev–Trinajstić information content (AvgIpc) is 3.00. The lowest BCUT2D eigenvalue weighted by Gasteiger charge is -2.33. The van der Waals surface area contributed by atoms with E-state index in [1.807, 2.05) is 14.0 Å². The molecule has 0 bridgehead atoms. The summed E-state index contributed by atoms with van der Waals surface area (Å²) >= 11 is 0. The van der Waals surface area contributed by atoms with Crippen LogP contribution in [0.2, 0.25) is 0 Å². The summed E-state index contributed by atoms with van der Waals surface area (Å²) in [6.07, 6.45) is 4.56. The van der Waals surface area contributed by atoms with Crippen LogP contribution in [-0.4, -0.2) is 20.8 Å². The molecule has 2 heterocycles. The van der Waals surface area contributed by atoms with Gasteiger partial charge in [-0.15, -0.1) is 0 Å². The topological polar surface area (TPSA) is 73.0 Å². The Morgan fingerprint density at radius 2 is 2.17 bits per heavy atom. The quantitative estimate of drug-likeness (QED) is 0.924. The highest BCUT2D eigenvalue weighted by molar-refractivity contribution is 6.04. The third-order valence-corrected chi connectivity index (χ3v) is 4.74. The molecule has 1 amide bonds. The van der Waals surface area contributed by atoms with Crippen LogP contribution in [0.4, 0.5) is 5.69 Å². The summed E-state index contributed by atoms with van der Waals surface area (Å²) in [5.41, 5.74) is 3.08. The highest BCUT2D eigenvalue weighted by Crippen LogP contribution is 2.38. The second-order valence-corrected chi connectivity index (χ2v) is 7.49. The molecule has 1 aliphatic carbocycles. The number of anilines is 1. The van der Waals surface area contributed by atoms with Gasteiger partial charge in [-0.05, 0) is 31.1 Å². The van der Waals surface area contributed by atoms with Crippen LogP contribution in [0.3, 0.4) is 0 Å². The lowest BCUT2D eigenvalue weighted by molar-refractivity contribution is 0.101. The van der Waals surface area contributed by atoms with Gasteiger partial charge in [-0.3, -0.25) is 9.48 Å². The summed E-state index contributed by atoms with van der Waals surface area (Å²) in [5.74, 6) is 1.17. The number of amides is 1. The number of carbonyl (C=O) groups excluding carboxylic acids is 1. The van der Waals surface area contributed by atoms with Crippen molar-refractivity contribution in [3.05, 3.63) is 28.9 Å². The van der Waals surface area contributed by atoms with Crippen molar-refractivity contribution in [2.75, 3.05) is 5.32 Å². The van der Waals surface area contributed by atoms with Crippen LogP contribution in [0.1, 0.15) is 54.7 Å². The Labute approximate surface area is 136 Å². The van der Waals surface area contributed by atoms with Gasteiger partial charge in [0.2, 0.25) is 0 Å². The van der Waals surface area contributed by atoms with Crippen LogP contribution < -0.4 is 5.32 Å². The lowest BCUT2D eigenvalue weighted by Crippen LogP contribution is -2.27. The van der Waals surface area contributed by atoms with Crippen LogP contribution in [0.5, 0.6) is 0 Å². The molecule has 2 aromatic heterocycles. The molecule has 124 valence electrons. The molecule has 0 aromatic carbocycles. The zero-order chi connectivity index (χ0) is 16.8. The van der Waals surface area contributed by atoms with Crippen molar-refractivity contribution in [2.24, 2.45) is 18.4 Å². The first-order valence-corrected chi connectivity index (χ1v) is 8.04. The molecule has 0 aliphatic heterocycles. The van der Waals surface area contributed by atoms with Crippen molar-refractivity contribution in [3.8, 4) is 0 Å². The van der Waals surface area contributed by atoms with E-state index in [4.69, 9.17) is 4.52 Å². The Morgan fingerprint density at radius 3 is 2.78 bits per heavy atom. The Kier molecular flexibility index (Phi) is 3.78. The number of aromatic nitrogens is 3. The number of fused-ring (bicyclic) bond motifs is 1. The summed E-state index contributed by atoms with van der Waals surface area (Å²) in [7, 11) is 1.83. The molecule has 0 fully saturated rings. The van der Waals surface area contributed by atoms with Crippen molar-refractivity contribution < 1.29 is 9.32 Å². The highest BCUT2D eigenvalue weighted by atomic mass is 16.5. The van der Waals surface area contributed by atoms with Crippen molar-refractivity contribution in [1.82, 2.24) is 14.9 Å². The first kappa shape index (κ1) is 15.8. The molecule has 0 saturated carbocycles. The monoisotopic (exact) mass is 316 g/mol. The molecule has 1 unspecified atom stereocenters. The number of rotatable bonds is 2. The van der Waals surface area contributed by atoms with E-state index in [-0.39, 0.29) is 11.3 Å². The maximum Gasteiger partial charge on any atom is 0.278 e. The van der Waals surface area contributed by atoms with E-state index in [2.05, 4.69) is 36.3 Å². The van der Waals surface area contributed by atoms with Crippen molar-refractivity contribution >= 4 is 11.6 Å². The van der Waals surface area contributed by atoms with E-state index in [1.54, 1.807) is 10.9 Å². The number of aryl methyl sites for hydroxylation is 3. The maximum atomic E-state index is 12.6. The van der Waals surface area contributed by atoms with E-state index < -0.39 is 0 Å². The minimum Gasteiger partial charge on any atom is -0.360 e. The SMILES string of the molecule is Cc1nn(C)cc1NC(=O)c1noc2c1CC(C(C)(C)C)CC2. The molecule has 6 heteroatoms. The first-order valence-electron chi connectivity index (χ1n) is 8.04. The molecular formula is C17H24N4O2. The first-order chi connectivity index (χ1) is 10.8. The van der Waals surface area contributed by atoms with Crippen LogP contribution in [0.15, 0.2) is 10.7 Å². The Morgan fingerprint density at radius 1 is 1.43 bits per heavy atom. The summed E-state index contributed by atoms with van der Waals surface area (Å²) in [5, 5.41) is 11.2. The van der Waals surface area contributed by atoms with E-state index in [0.717, 1.165) is 36.3 Å². The van der Waals surface area contributed by atoms with Crippen LogP contribution in [-0.2, 0) is 19.9 Å². The largest absolute Gasteiger partial charge is 0.360 e. The third kappa shape index (κ3) is 3.02. The predicted molar refractivity (Wildman–Crippen MR) is 87.4 cm³/mol. The Hall–Kier alpha value is -2.11. The fraction of sp³-hybridized carbons (Fsp3) is 0.588. The van der Waals surface area contributed by atoms with Crippen LogP contribution in [0, 0.1) is 18.3 Å². The normalized spacial score (nSPS) is 17.9. The van der Waals surface area contributed by atoms with Gasteiger partial charge in [0, 0.05) is 25.2 Å². The average molecular weight is 316 g/mol. The summed E-state index contributed by atoms with van der Waals surface area (Å²) in [6.45, 7) is 8.60. The zero-order valence-corrected chi connectivity index (χ0v) is 14.4. The van der Waals surface area contributed by atoms with Gasteiger partial charge in [0.15, 0.2) is 5.69 Å². The van der Waals surface area contributed by atoms with Crippen LogP contribution >= 0.6 is 0 Å². The summed E-state index contributed by atoms with van der Waals surface area (Å²) in [4.78, 5) is 12.6. The highest BCUT2D eigenvalue weighted by Gasteiger charge is 2.34. The molecule has 0 saturated heterocycles. The second kappa shape index (κ2) is 5.51. The molecule has 23 heavy (non-hydrogen) atoms. The fourth-order valence-electron chi connectivity index (χ4n) is 3.23. The van der Waals surface area contributed by atoms with Gasteiger partial charge >= 0.3 is 0 Å². The van der Waals surface area contributed by atoms with Crippen molar-refractivity contribution in [1.29, 1.82) is 0 Å². The molecule has 1 N–H and O–H groups in total. The fourth-order valence-corrected chi connectivity index (χ4v) is 3.23. The molecule has 2 aromatic rings. The van der Waals surface area contributed by atoms with E-state index in [9.17, 15) is 4.79 Å². The minimum atomic E-state index is -0.222. The van der Waals surface area contributed by atoms with Crippen LogP contribution in [0.25, 0.3) is 0 Å². The molecular weight excluding hydrogens is 292 g/mol. The Bertz CT molecular complexity index is 736. The third-order valence-electron chi connectivity index (χ3n) is 4.74. The van der Waals surface area contributed by atoms with Gasteiger partial charge in [-0.2, -0.15) is 5.10 Å². The molecule has 1 atom stereocenters. The predicted octanol–water partition coefficient (Wildman–Crippen LogP) is 3.12. The van der Waals surface area contributed by atoms with Gasteiger partial charge in [0.1, 0.15) is 5.76 Å². The second-order valence-electron chi connectivity index (χ2n) is 7.49. The number of carbonyl (C=O) groups is 1. The van der Waals surface area contributed by atoms with Crippen molar-refractivity contribution in [2.45, 2.75) is 47.0 Å². The van der Waals surface area contributed by atoms with Crippen molar-refractivity contribution in [3.63, 3.8) is 0 Å². The number of hydrogen-bond acceptors (Lipinski definition) is 4.